The van der Waals surface area contributed by atoms with E-state index in [9.17, 15) is 12.8 Å². The first-order valence-corrected chi connectivity index (χ1v) is 8.39. The van der Waals surface area contributed by atoms with Crippen molar-refractivity contribution in [3.05, 3.63) is 29.6 Å². The zero-order chi connectivity index (χ0) is 16.0. The van der Waals surface area contributed by atoms with E-state index in [4.69, 9.17) is 5.11 Å². The monoisotopic (exact) mass is 318 g/mol. The second kappa shape index (κ2) is 7.84. The number of hydrogen-bond donors (Lipinski definition) is 2. The number of aliphatic hydroxyl groups excluding tert-OH is 1. The first-order chi connectivity index (χ1) is 9.81. The third-order valence-corrected chi connectivity index (χ3v) is 5.04. The standard InChI is InChI=1S/C14H23FN2O3S/c1-4-11(2)17(3)8-7-16-21(19,20)14-9-12(10-18)5-6-13(14)15/h5-6,9,11,16,18H,4,7-8,10H2,1-3H3. The van der Waals surface area contributed by atoms with Gasteiger partial charge in [-0.2, -0.15) is 0 Å². The number of hydrogen-bond acceptors (Lipinski definition) is 4. The summed E-state index contributed by atoms with van der Waals surface area (Å²) in [4.78, 5) is 1.60. The highest BCUT2D eigenvalue weighted by atomic mass is 32.2. The molecule has 21 heavy (non-hydrogen) atoms. The van der Waals surface area contributed by atoms with Gasteiger partial charge in [0.1, 0.15) is 10.7 Å². The van der Waals surface area contributed by atoms with Crippen molar-refractivity contribution in [1.82, 2.24) is 9.62 Å². The van der Waals surface area contributed by atoms with Crippen LogP contribution in [0, 0.1) is 5.82 Å². The lowest BCUT2D eigenvalue weighted by Crippen LogP contribution is -2.37. The molecular weight excluding hydrogens is 295 g/mol. The van der Waals surface area contributed by atoms with Gasteiger partial charge < -0.3 is 10.0 Å². The highest BCUT2D eigenvalue weighted by molar-refractivity contribution is 7.89. The minimum absolute atomic E-state index is 0.200. The first kappa shape index (κ1) is 18.0. The molecule has 0 heterocycles. The van der Waals surface area contributed by atoms with E-state index in [1.54, 1.807) is 0 Å². The van der Waals surface area contributed by atoms with Crippen molar-refractivity contribution < 1.29 is 17.9 Å². The fraction of sp³-hybridized carbons (Fsp3) is 0.571. The molecule has 2 N–H and O–H groups in total. The number of nitrogens with one attached hydrogen (secondary N) is 1. The third-order valence-electron chi connectivity index (χ3n) is 3.57. The van der Waals surface area contributed by atoms with Crippen LogP contribution in [-0.4, -0.2) is 44.6 Å². The molecule has 0 spiro atoms. The number of nitrogens with zero attached hydrogens (tertiary/aromatic N) is 1. The van der Waals surface area contributed by atoms with Crippen molar-refractivity contribution in [3.8, 4) is 0 Å². The lowest BCUT2D eigenvalue weighted by atomic mass is 10.2. The van der Waals surface area contributed by atoms with E-state index < -0.39 is 20.7 Å². The summed E-state index contributed by atoms with van der Waals surface area (Å²) < 4.78 is 40.2. The number of aliphatic hydroxyl groups is 1. The van der Waals surface area contributed by atoms with E-state index >= 15 is 0 Å². The molecule has 1 unspecified atom stereocenters. The van der Waals surface area contributed by atoms with Crippen LogP contribution in [0.4, 0.5) is 4.39 Å². The van der Waals surface area contributed by atoms with Gasteiger partial charge in [-0.05, 0) is 38.1 Å². The molecule has 0 aliphatic heterocycles. The van der Waals surface area contributed by atoms with Crippen molar-refractivity contribution >= 4 is 10.0 Å². The smallest absolute Gasteiger partial charge is 0.243 e. The van der Waals surface area contributed by atoms with Gasteiger partial charge in [0.2, 0.25) is 10.0 Å². The molecule has 1 aromatic rings. The summed E-state index contributed by atoms with van der Waals surface area (Å²) in [6, 6.07) is 3.90. The Bertz CT molecular complexity index is 563. The van der Waals surface area contributed by atoms with Gasteiger partial charge in [-0.3, -0.25) is 0 Å². The number of sulfonamides is 1. The highest BCUT2D eigenvalue weighted by Crippen LogP contribution is 2.16. The van der Waals surface area contributed by atoms with E-state index in [-0.39, 0.29) is 13.2 Å². The second-order valence-electron chi connectivity index (χ2n) is 5.06. The summed E-state index contributed by atoms with van der Waals surface area (Å²) in [6.07, 6.45) is 0.969. The molecule has 0 aromatic heterocycles. The number of halogens is 1. The fourth-order valence-electron chi connectivity index (χ4n) is 1.82. The Morgan fingerprint density at radius 2 is 2.10 bits per heavy atom. The summed E-state index contributed by atoms with van der Waals surface area (Å²) in [5.74, 6) is -0.824. The Labute approximate surface area is 125 Å². The number of likely N-dealkylation sites (N-methyl/N-ethyl adjacent to an activating group) is 1. The molecule has 0 aliphatic rings. The third kappa shape index (κ3) is 5.03. The fourth-order valence-corrected chi connectivity index (χ4v) is 2.97. The molecule has 0 saturated carbocycles. The predicted octanol–water partition coefficient (Wildman–Crippen LogP) is 1.33. The molecule has 0 fully saturated rings. The van der Waals surface area contributed by atoms with E-state index in [1.165, 1.54) is 6.07 Å². The van der Waals surface area contributed by atoms with Crippen LogP contribution < -0.4 is 4.72 Å². The largest absolute Gasteiger partial charge is 0.392 e. The molecular formula is C14H23FN2O3S. The Morgan fingerprint density at radius 1 is 1.43 bits per heavy atom. The summed E-state index contributed by atoms with van der Waals surface area (Å²) >= 11 is 0. The maximum atomic E-state index is 13.7. The molecule has 0 saturated heterocycles. The summed E-state index contributed by atoms with van der Waals surface area (Å²) in [6.45, 7) is 4.51. The maximum absolute atomic E-state index is 13.7. The lowest BCUT2D eigenvalue weighted by Gasteiger charge is -2.23. The Hall–Kier alpha value is -1.02. The van der Waals surface area contributed by atoms with Gasteiger partial charge in [-0.15, -0.1) is 0 Å². The molecule has 0 radical (unpaired) electrons. The van der Waals surface area contributed by atoms with Crippen LogP contribution in [0.2, 0.25) is 0 Å². The van der Waals surface area contributed by atoms with Gasteiger partial charge in [-0.25, -0.2) is 17.5 Å². The SMILES string of the molecule is CCC(C)N(C)CCNS(=O)(=O)c1cc(CO)ccc1F. The van der Waals surface area contributed by atoms with Crippen LogP contribution in [0.25, 0.3) is 0 Å². The van der Waals surface area contributed by atoms with E-state index in [1.807, 2.05) is 11.9 Å². The molecule has 0 bridgehead atoms. The van der Waals surface area contributed by atoms with Crippen LogP contribution in [0.15, 0.2) is 23.1 Å². The average Bonchev–Trinajstić information content (AvgIpc) is 2.46. The second-order valence-corrected chi connectivity index (χ2v) is 6.79. The van der Waals surface area contributed by atoms with E-state index in [2.05, 4.69) is 18.6 Å². The number of benzene rings is 1. The Balaban J connectivity index is 2.74. The van der Waals surface area contributed by atoms with E-state index in [0.717, 1.165) is 18.6 Å². The van der Waals surface area contributed by atoms with Crippen molar-refractivity contribution in [2.24, 2.45) is 0 Å². The molecule has 0 aliphatic carbocycles. The van der Waals surface area contributed by atoms with Crippen molar-refractivity contribution in [1.29, 1.82) is 0 Å². The quantitative estimate of drug-likeness (QED) is 0.759. The minimum Gasteiger partial charge on any atom is -0.392 e. The summed E-state index contributed by atoms with van der Waals surface area (Å²) in [5, 5.41) is 9.01. The zero-order valence-electron chi connectivity index (χ0n) is 12.6. The van der Waals surface area contributed by atoms with Gasteiger partial charge in [0.05, 0.1) is 6.61 Å². The molecule has 0 amide bonds. The molecule has 5 nitrogen and oxygen atoms in total. The molecule has 1 rings (SSSR count). The lowest BCUT2D eigenvalue weighted by molar-refractivity contribution is 0.256. The normalized spacial score (nSPS) is 13.6. The predicted molar refractivity (Wildman–Crippen MR) is 79.9 cm³/mol. The number of rotatable bonds is 8. The molecule has 120 valence electrons. The van der Waals surface area contributed by atoms with Crippen molar-refractivity contribution in [3.63, 3.8) is 0 Å². The molecule has 7 heteroatoms. The molecule has 1 atom stereocenters. The molecule has 1 aromatic carbocycles. The Kier molecular flexibility index (Phi) is 6.73. The van der Waals surface area contributed by atoms with Crippen molar-refractivity contribution in [2.75, 3.05) is 20.1 Å². The van der Waals surface area contributed by atoms with Gasteiger partial charge in [0.15, 0.2) is 0 Å². The first-order valence-electron chi connectivity index (χ1n) is 6.91. The average molecular weight is 318 g/mol. The summed E-state index contributed by atoms with van der Waals surface area (Å²) in [5.41, 5.74) is 0.355. The van der Waals surface area contributed by atoms with Crippen LogP contribution >= 0.6 is 0 Å². The van der Waals surface area contributed by atoms with Gasteiger partial charge >= 0.3 is 0 Å². The minimum atomic E-state index is -3.91. The van der Waals surface area contributed by atoms with Crippen LogP contribution in [-0.2, 0) is 16.6 Å². The van der Waals surface area contributed by atoms with Crippen LogP contribution in [0.3, 0.4) is 0 Å². The van der Waals surface area contributed by atoms with Crippen LogP contribution in [0.5, 0.6) is 0 Å². The summed E-state index contributed by atoms with van der Waals surface area (Å²) in [7, 11) is -2.00. The van der Waals surface area contributed by atoms with Gasteiger partial charge in [0, 0.05) is 19.1 Å². The van der Waals surface area contributed by atoms with Gasteiger partial charge in [-0.1, -0.05) is 13.0 Å². The Morgan fingerprint density at radius 3 is 2.67 bits per heavy atom. The van der Waals surface area contributed by atoms with E-state index in [0.29, 0.717) is 18.2 Å². The zero-order valence-corrected chi connectivity index (χ0v) is 13.5. The van der Waals surface area contributed by atoms with Crippen LogP contribution in [0.1, 0.15) is 25.8 Å². The topological polar surface area (TPSA) is 69.6 Å². The van der Waals surface area contributed by atoms with Crippen molar-refractivity contribution in [2.45, 2.75) is 37.8 Å². The van der Waals surface area contributed by atoms with Gasteiger partial charge in [0.25, 0.3) is 0 Å². The highest BCUT2D eigenvalue weighted by Gasteiger charge is 2.19. The maximum Gasteiger partial charge on any atom is 0.243 e.